The van der Waals surface area contributed by atoms with Crippen LogP contribution in [0.5, 0.6) is 0 Å². The van der Waals surface area contributed by atoms with Crippen molar-refractivity contribution < 1.29 is 0 Å². The molecule has 1 aromatic carbocycles. The average Bonchev–Trinajstić information content (AvgIpc) is 2.92. The molecule has 0 unspecified atom stereocenters. The third-order valence-corrected chi connectivity index (χ3v) is 6.04. The normalized spacial score (nSPS) is 26.0. The molecule has 3 heteroatoms. The number of nitrogens with two attached hydrogens (primary N) is 1. The van der Waals surface area contributed by atoms with E-state index in [1.807, 2.05) is 6.07 Å². The van der Waals surface area contributed by atoms with Crippen LogP contribution in [0.3, 0.4) is 0 Å². The van der Waals surface area contributed by atoms with Gasteiger partial charge in [0.15, 0.2) is 0 Å². The number of aryl methyl sites for hydroxylation is 1. The van der Waals surface area contributed by atoms with E-state index in [9.17, 15) is 0 Å². The van der Waals surface area contributed by atoms with Crippen LogP contribution in [0.1, 0.15) is 48.9 Å². The maximum absolute atomic E-state index is 6.71. The molecule has 112 valence electrons. The molecule has 1 heterocycles. The zero-order valence-corrected chi connectivity index (χ0v) is 13.7. The number of hydrogen-bond acceptors (Lipinski definition) is 3. The highest BCUT2D eigenvalue weighted by molar-refractivity contribution is 7.12. The third-order valence-electron chi connectivity index (χ3n) is 4.84. The predicted molar refractivity (Wildman–Crippen MR) is 90.4 cm³/mol. The molecule has 2 N–H and O–H groups in total. The summed E-state index contributed by atoms with van der Waals surface area (Å²) in [5.74, 6) is 0.858. The third kappa shape index (κ3) is 2.90. The molecule has 2 aromatic rings. The number of rotatable bonds is 3. The Labute approximate surface area is 131 Å². The topological polar surface area (TPSA) is 38.9 Å². The van der Waals surface area contributed by atoms with Crippen molar-refractivity contribution in [1.29, 1.82) is 0 Å². The van der Waals surface area contributed by atoms with Gasteiger partial charge in [-0.3, -0.25) is 0 Å². The Morgan fingerprint density at radius 1 is 1.24 bits per heavy atom. The van der Waals surface area contributed by atoms with Gasteiger partial charge in [0, 0.05) is 10.4 Å². The first-order chi connectivity index (χ1) is 10.1. The van der Waals surface area contributed by atoms with Crippen LogP contribution < -0.4 is 5.73 Å². The van der Waals surface area contributed by atoms with E-state index in [1.54, 1.807) is 11.3 Å². The molecular weight excluding hydrogens is 276 g/mol. The van der Waals surface area contributed by atoms with Gasteiger partial charge in [0.25, 0.3) is 0 Å². The van der Waals surface area contributed by atoms with Gasteiger partial charge in [0.2, 0.25) is 0 Å². The van der Waals surface area contributed by atoms with Gasteiger partial charge in [-0.25, -0.2) is 4.98 Å². The molecule has 1 aromatic heterocycles. The lowest BCUT2D eigenvalue weighted by Crippen LogP contribution is -2.40. The van der Waals surface area contributed by atoms with E-state index in [0.717, 1.165) is 29.5 Å². The molecule has 0 bridgehead atoms. The Kier molecular flexibility index (Phi) is 4.14. The molecular formula is C18H24N2S. The first kappa shape index (κ1) is 14.7. The van der Waals surface area contributed by atoms with Crippen molar-refractivity contribution in [1.82, 2.24) is 4.98 Å². The van der Waals surface area contributed by atoms with Crippen LogP contribution in [0, 0.1) is 12.8 Å². The van der Waals surface area contributed by atoms with Crippen LogP contribution in [0.4, 0.5) is 0 Å². The number of nitrogens with zero attached hydrogens (tertiary/aromatic N) is 1. The predicted octanol–water partition coefficient (Wildman–Crippen LogP) is 4.87. The van der Waals surface area contributed by atoms with E-state index in [-0.39, 0.29) is 5.54 Å². The van der Waals surface area contributed by atoms with Gasteiger partial charge >= 0.3 is 0 Å². The summed E-state index contributed by atoms with van der Waals surface area (Å²) in [4.78, 5) is 6.20. The van der Waals surface area contributed by atoms with Crippen LogP contribution in [-0.4, -0.2) is 4.98 Å². The highest BCUT2D eigenvalue weighted by Gasteiger charge is 2.35. The second-order valence-electron chi connectivity index (χ2n) is 6.30. The largest absolute Gasteiger partial charge is 0.319 e. The molecule has 1 fully saturated rings. The molecule has 2 nitrogen and oxygen atoms in total. The lowest BCUT2D eigenvalue weighted by molar-refractivity contribution is 0.231. The Balaban J connectivity index is 1.87. The van der Waals surface area contributed by atoms with E-state index >= 15 is 0 Å². The summed E-state index contributed by atoms with van der Waals surface area (Å²) in [6, 6.07) is 10.4. The number of hydrogen-bond donors (Lipinski definition) is 1. The Morgan fingerprint density at radius 2 is 1.90 bits per heavy atom. The maximum atomic E-state index is 6.71. The van der Waals surface area contributed by atoms with Crippen molar-refractivity contribution in [2.45, 2.75) is 51.5 Å². The Hall–Kier alpha value is -1.19. The molecule has 0 atom stereocenters. The van der Waals surface area contributed by atoms with Gasteiger partial charge in [-0.15, -0.1) is 11.3 Å². The zero-order valence-electron chi connectivity index (χ0n) is 12.9. The molecule has 0 aliphatic heterocycles. The summed E-state index contributed by atoms with van der Waals surface area (Å²) in [5, 5.41) is 1.13. The molecule has 0 spiro atoms. The smallest absolute Gasteiger partial charge is 0.113 e. The van der Waals surface area contributed by atoms with Crippen LogP contribution in [0.25, 0.3) is 11.3 Å². The van der Waals surface area contributed by atoms with E-state index in [2.05, 4.69) is 38.1 Å². The highest BCUT2D eigenvalue weighted by Crippen LogP contribution is 2.41. The summed E-state index contributed by atoms with van der Waals surface area (Å²) in [5.41, 5.74) is 8.81. The van der Waals surface area contributed by atoms with Crippen LogP contribution >= 0.6 is 11.3 Å². The molecule has 1 saturated carbocycles. The van der Waals surface area contributed by atoms with Crippen molar-refractivity contribution in [3.63, 3.8) is 0 Å². The fourth-order valence-electron chi connectivity index (χ4n) is 3.29. The van der Waals surface area contributed by atoms with Crippen LogP contribution in [-0.2, 0) is 5.54 Å². The van der Waals surface area contributed by atoms with E-state index in [4.69, 9.17) is 10.7 Å². The standard InChI is InChI=1S/C18H24N2S/c1-3-14-9-11-18(19,12-10-14)17-20-16(13(2)21-17)15-7-5-4-6-8-15/h4-8,14H,3,9-12,19H2,1-2H3. The molecule has 21 heavy (non-hydrogen) atoms. The zero-order chi connectivity index (χ0) is 14.9. The SMILES string of the molecule is CCC1CCC(N)(c2nc(-c3ccccc3)c(C)s2)CC1. The minimum atomic E-state index is -0.200. The quantitative estimate of drug-likeness (QED) is 0.878. The van der Waals surface area contributed by atoms with Crippen molar-refractivity contribution in [2.75, 3.05) is 0 Å². The number of aromatic nitrogens is 1. The van der Waals surface area contributed by atoms with Crippen molar-refractivity contribution in [2.24, 2.45) is 11.7 Å². The van der Waals surface area contributed by atoms with Crippen molar-refractivity contribution >= 4 is 11.3 Å². The lowest BCUT2D eigenvalue weighted by atomic mass is 9.76. The molecule has 0 radical (unpaired) electrons. The minimum absolute atomic E-state index is 0.200. The van der Waals surface area contributed by atoms with Gasteiger partial charge in [-0.1, -0.05) is 43.7 Å². The maximum Gasteiger partial charge on any atom is 0.113 e. The van der Waals surface area contributed by atoms with Crippen molar-refractivity contribution in [3.05, 3.63) is 40.2 Å². The summed E-state index contributed by atoms with van der Waals surface area (Å²) >= 11 is 1.79. The minimum Gasteiger partial charge on any atom is -0.319 e. The molecule has 0 saturated heterocycles. The second-order valence-corrected chi connectivity index (χ2v) is 7.50. The molecule has 1 aliphatic rings. The van der Waals surface area contributed by atoms with E-state index in [0.29, 0.717) is 0 Å². The lowest BCUT2D eigenvalue weighted by Gasteiger charge is -2.35. The Morgan fingerprint density at radius 3 is 2.52 bits per heavy atom. The summed E-state index contributed by atoms with van der Waals surface area (Å²) in [7, 11) is 0. The fraction of sp³-hybridized carbons (Fsp3) is 0.500. The first-order valence-corrected chi connectivity index (χ1v) is 8.76. The summed E-state index contributed by atoms with van der Waals surface area (Å²) < 4.78 is 0. The molecule has 3 rings (SSSR count). The van der Waals surface area contributed by atoms with Gasteiger partial charge in [0.05, 0.1) is 11.2 Å². The summed E-state index contributed by atoms with van der Waals surface area (Å²) in [6.45, 7) is 4.44. The van der Waals surface area contributed by atoms with Gasteiger partial charge in [-0.05, 0) is 38.5 Å². The van der Waals surface area contributed by atoms with Crippen LogP contribution in [0.15, 0.2) is 30.3 Å². The average molecular weight is 300 g/mol. The second kappa shape index (κ2) is 5.90. The van der Waals surface area contributed by atoms with Crippen molar-refractivity contribution in [3.8, 4) is 11.3 Å². The van der Waals surface area contributed by atoms with E-state index in [1.165, 1.54) is 29.7 Å². The first-order valence-electron chi connectivity index (χ1n) is 7.94. The number of thiazole rings is 1. The molecule has 0 amide bonds. The van der Waals surface area contributed by atoms with Crippen LogP contribution in [0.2, 0.25) is 0 Å². The summed E-state index contributed by atoms with van der Waals surface area (Å²) in [6.07, 6.45) is 5.92. The van der Waals surface area contributed by atoms with Gasteiger partial charge in [-0.2, -0.15) is 0 Å². The monoisotopic (exact) mass is 300 g/mol. The van der Waals surface area contributed by atoms with E-state index < -0.39 is 0 Å². The molecule has 1 aliphatic carbocycles. The van der Waals surface area contributed by atoms with Gasteiger partial charge in [0.1, 0.15) is 5.01 Å². The van der Waals surface area contributed by atoms with Gasteiger partial charge < -0.3 is 5.73 Å². The fourth-order valence-corrected chi connectivity index (χ4v) is 4.38. The number of benzene rings is 1. The Bertz CT molecular complexity index is 595. The highest BCUT2D eigenvalue weighted by atomic mass is 32.1.